The molecular formula is C21H29NO5S. The molecule has 1 aliphatic heterocycles. The van der Waals surface area contributed by atoms with Crippen molar-refractivity contribution in [3.8, 4) is 5.75 Å². The van der Waals surface area contributed by atoms with Gasteiger partial charge in [0.1, 0.15) is 5.75 Å². The van der Waals surface area contributed by atoms with Gasteiger partial charge in [-0.2, -0.15) is 0 Å². The van der Waals surface area contributed by atoms with Crippen LogP contribution in [0, 0.1) is 0 Å². The number of hydrogen-bond donors (Lipinski definition) is 1. The van der Waals surface area contributed by atoms with Crippen LogP contribution in [0.5, 0.6) is 5.75 Å². The summed E-state index contributed by atoms with van der Waals surface area (Å²) >= 11 is 1.22. The molecule has 0 spiro atoms. The summed E-state index contributed by atoms with van der Waals surface area (Å²) in [5, 5.41) is 9.16. The lowest BCUT2D eigenvalue weighted by atomic mass is 10.1. The first kappa shape index (κ1) is 22.5. The molecule has 0 saturated heterocycles. The Morgan fingerprint density at radius 3 is 2.43 bits per heavy atom. The minimum Gasteiger partial charge on any atom is -0.494 e. The van der Waals surface area contributed by atoms with Crippen LogP contribution in [-0.2, 0) is 14.3 Å². The molecule has 1 aromatic carbocycles. The zero-order chi connectivity index (χ0) is 20.5. The van der Waals surface area contributed by atoms with Gasteiger partial charge >= 0.3 is 0 Å². The summed E-state index contributed by atoms with van der Waals surface area (Å²) in [6.07, 6.45) is 1.62. The summed E-state index contributed by atoms with van der Waals surface area (Å²) in [5.74, 6) is 0.501. The minimum absolute atomic E-state index is 0.0606. The number of ether oxygens (including phenoxy) is 2. The van der Waals surface area contributed by atoms with E-state index in [1.807, 2.05) is 32.9 Å². The number of benzene rings is 1. The number of hydrogen-bond acceptors (Lipinski definition) is 6. The van der Waals surface area contributed by atoms with Gasteiger partial charge < -0.3 is 14.6 Å². The lowest BCUT2D eigenvalue weighted by Gasteiger charge is -2.15. The molecule has 1 heterocycles. The van der Waals surface area contributed by atoms with Gasteiger partial charge in [0.15, 0.2) is 0 Å². The number of aliphatic hydroxyl groups excluding tert-OH is 1. The molecule has 0 saturated carbocycles. The first-order valence-electron chi connectivity index (χ1n) is 9.68. The van der Waals surface area contributed by atoms with E-state index in [0.29, 0.717) is 48.0 Å². The van der Waals surface area contributed by atoms with Crippen LogP contribution in [0.15, 0.2) is 29.2 Å². The molecule has 2 rings (SSSR count). The van der Waals surface area contributed by atoms with E-state index >= 15 is 0 Å². The summed E-state index contributed by atoms with van der Waals surface area (Å²) in [5.41, 5.74) is 1.08. The number of imide groups is 1. The third kappa shape index (κ3) is 5.83. The summed E-state index contributed by atoms with van der Waals surface area (Å²) in [6, 6.07) is 7.22. The van der Waals surface area contributed by atoms with Crippen molar-refractivity contribution in [2.45, 2.75) is 39.7 Å². The van der Waals surface area contributed by atoms with Crippen molar-refractivity contribution < 1.29 is 24.2 Å². The fraction of sp³-hybridized carbons (Fsp3) is 0.524. The van der Waals surface area contributed by atoms with Gasteiger partial charge in [-0.15, -0.1) is 11.8 Å². The number of nitrogens with zero attached hydrogens (tertiary/aromatic N) is 1. The first-order chi connectivity index (χ1) is 13.5. The molecule has 0 fully saturated rings. The molecule has 0 unspecified atom stereocenters. The van der Waals surface area contributed by atoms with E-state index in [1.165, 1.54) is 16.7 Å². The van der Waals surface area contributed by atoms with Gasteiger partial charge in [-0.25, -0.2) is 0 Å². The van der Waals surface area contributed by atoms with Crippen molar-refractivity contribution in [1.29, 1.82) is 0 Å². The molecule has 1 aliphatic rings. The molecule has 0 aromatic heterocycles. The van der Waals surface area contributed by atoms with E-state index in [9.17, 15) is 9.59 Å². The standard InChI is InChI=1S/C21H29NO5S/c1-4-12-27-17-8-6-16(7-9-17)18-19(28-14-11-23)21(25)22(20(18)24)10-5-13-26-15(2)3/h6-9,15,23H,4-5,10-14H2,1-3H3. The minimum atomic E-state index is -0.297. The number of thioether (sulfide) groups is 1. The predicted octanol–water partition coefficient (Wildman–Crippen LogP) is 3.10. The van der Waals surface area contributed by atoms with Crippen molar-refractivity contribution in [1.82, 2.24) is 4.90 Å². The maximum absolute atomic E-state index is 13.0. The Kier molecular flexibility index (Phi) is 9.02. The zero-order valence-corrected chi connectivity index (χ0v) is 17.6. The van der Waals surface area contributed by atoms with Gasteiger partial charge in [0.2, 0.25) is 0 Å². The predicted molar refractivity (Wildman–Crippen MR) is 111 cm³/mol. The van der Waals surface area contributed by atoms with Crippen LogP contribution >= 0.6 is 11.8 Å². The Bertz CT molecular complexity index is 699. The molecule has 154 valence electrons. The third-order valence-electron chi connectivity index (χ3n) is 4.06. The lowest BCUT2D eigenvalue weighted by molar-refractivity contribution is -0.136. The van der Waals surface area contributed by atoms with Gasteiger partial charge in [0.05, 0.1) is 29.8 Å². The average molecular weight is 408 g/mol. The SMILES string of the molecule is CCCOc1ccc(C2=C(SCCO)C(=O)N(CCCOC(C)C)C2=O)cc1. The van der Waals surface area contributed by atoms with Crippen LogP contribution in [0.2, 0.25) is 0 Å². The van der Waals surface area contributed by atoms with Gasteiger partial charge in [-0.05, 0) is 44.4 Å². The summed E-state index contributed by atoms with van der Waals surface area (Å²) in [4.78, 5) is 27.5. The highest BCUT2D eigenvalue weighted by molar-refractivity contribution is 8.04. The molecule has 28 heavy (non-hydrogen) atoms. The van der Waals surface area contributed by atoms with Crippen LogP contribution in [0.3, 0.4) is 0 Å². The molecule has 0 radical (unpaired) electrons. The molecule has 0 aliphatic carbocycles. The molecule has 0 bridgehead atoms. The zero-order valence-electron chi connectivity index (χ0n) is 16.8. The van der Waals surface area contributed by atoms with Crippen LogP contribution < -0.4 is 4.74 Å². The topological polar surface area (TPSA) is 76.1 Å². The summed E-state index contributed by atoms with van der Waals surface area (Å²) < 4.78 is 11.1. The van der Waals surface area contributed by atoms with Crippen molar-refractivity contribution in [3.63, 3.8) is 0 Å². The van der Waals surface area contributed by atoms with Crippen LogP contribution in [0.25, 0.3) is 5.57 Å². The molecule has 0 atom stereocenters. The Morgan fingerprint density at radius 2 is 1.82 bits per heavy atom. The van der Waals surface area contributed by atoms with Crippen molar-refractivity contribution in [2.24, 2.45) is 0 Å². The van der Waals surface area contributed by atoms with Gasteiger partial charge in [-0.1, -0.05) is 19.1 Å². The third-order valence-corrected chi connectivity index (χ3v) is 5.11. The fourth-order valence-electron chi connectivity index (χ4n) is 2.77. The number of amides is 2. The highest BCUT2D eigenvalue weighted by Gasteiger charge is 2.38. The van der Waals surface area contributed by atoms with E-state index in [1.54, 1.807) is 12.1 Å². The van der Waals surface area contributed by atoms with E-state index < -0.39 is 0 Å². The second-order valence-corrected chi connectivity index (χ2v) is 7.79. The van der Waals surface area contributed by atoms with E-state index in [-0.39, 0.29) is 24.5 Å². The van der Waals surface area contributed by atoms with E-state index in [2.05, 4.69) is 0 Å². The van der Waals surface area contributed by atoms with Gasteiger partial charge in [0, 0.05) is 18.9 Å². The molecular weight excluding hydrogens is 378 g/mol. The molecule has 2 amide bonds. The monoisotopic (exact) mass is 407 g/mol. The highest BCUT2D eigenvalue weighted by atomic mass is 32.2. The lowest BCUT2D eigenvalue weighted by Crippen LogP contribution is -2.33. The molecule has 1 N–H and O–H groups in total. The maximum Gasteiger partial charge on any atom is 0.267 e. The number of aliphatic hydroxyl groups is 1. The second-order valence-electron chi connectivity index (χ2n) is 6.68. The Labute approximate surface area is 170 Å². The van der Waals surface area contributed by atoms with Crippen LogP contribution in [0.4, 0.5) is 0 Å². The van der Waals surface area contributed by atoms with Crippen LogP contribution in [0.1, 0.15) is 39.2 Å². The molecule has 1 aromatic rings. The van der Waals surface area contributed by atoms with E-state index in [4.69, 9.17) is 14.6 Å². The Morgan fingerprint density at radius 1 is 1.11 bits per heavy atom. The molecule has 7 heteroatoms. The maximum atomic E-state index is 13.0. The van der Waals surface area contributed by atoms with Gasteiger partial charge in [0.25, 0.3) is 11.8 Å². The number of rotatable bonds is 12. The average Bonchev–Trinajstić information content (AvgIpc) is 2.92. The summed E-state index contributed by atoms with van der Waals surface area (Å²) in [7, 11) is 0. The van der Waals surface area contributed by atoms with Crippen molar-refractivity contribution in [2.75, 3.05) is 32.1 Å². The summed E-state index contributed by atoms with van der Waals surface area (Å²) in [6.45, 7) is 7.31. The Balaban J connectivity index is 2.18. The largest absolute Gasteiger partial charge is 0.494 e. The van der Waals surface area contributed by atoms with Crippen LogP contribution in [-0.4, -0.2) is 60.0 Å². The molecule has 6 nitrogen and oxygen atoms in total. The number of carbonyl (C=O) groups is 2. The van der Waals surface area contributed by atoms with Gasteiger partial charge in [-0.3, -0.25) is 14.5 Å². The van der Waals surface area contributed by atoms with E-state index in [0.717, 1.165) is 12.2 Å². The van der Waals surface area contributed by atoms with Crippen molar-refractivity contribution in [3.05, 3.63) is 34.7 Å². The Hall–Kier alpha value is -1.83. The smallest absolute Gasteiger partial charge is 0.267 e. The number of carbonyl (C=O) groups excluding carboxylic acids is 2. The fourth-order valence-corrected chi connectivity index (χ4v) is 3.65. The highest BCUT2D eigenvalue weighted by Crippen LogP contribution is 2.36. The second kappa shape index (κ2) is 11.2. The van der Waals surface area contributed by atoms with Crippen molar-refractivity contribution >= 4 is 29.1 Å². The normalized spacial score (nSPS) is 14.5. The quantitative estimate of drug-likeness (QED) is 0.424. The first-order valence-corrected chi connectivity index (χ1v) is 10.7.